The molecule has 0 aliphatic rings. The zero-order valence-electron chi connectivity index (χ0n) is 5.36. The molecule has 0 spiro atoms. The van der Waals surface area contributed by atoms with Crippen LogP contribution < -0.4 is 5.73 Å². The van der Waals surface area contributed by atoms with Crippen molar-refractivity contribution in [2.45, 2.75) is 0 Å². The minimum atomic E-state index is 0.561. The molecule has 50 valence electrons. The summed E-state index contributed by atoms with van der Waals surface area (Å²) in [6.45, 7) is 0. The molecule has 3 heteroatoms. The number of hydrogen-bond acceptors (Lipinski definition) is 2. The lowest BCUT2D eigenvalue weighted by molar-refractivity contribution is 1.10. The Hall–Kier alpha value is -1.51. The van der Waals surface area contributed by atoms with Crippen molar-refractivity contribution in [3.05, 3.63) is 30.7 Å². The lowest BCUT2D eigenvalue weighted by Gasteiger charge is -1.93. The Morgan fingerprint density at radius 1 is 1.50 bits per heavy atom. The normalized spacial score (nSPS) is 10.4. The third-order valence-electron chi connectivity index (χ3n) is 1.44. The van der Waals surface area contributed by atoms with Crippen molar-refractivity contribution in [1.82, 2.24) is 9.38 Å². The van der Waals surface area contributed by atoms with Gasteiger partial charge in [0.15, 0.2) is 0 Å². The maximum atomic E-state index is 5.46. The molecule has 2 heterocycles. The Kier molecular flexibility index (Phi) is 0.917. The van der Waals surface area contributed by atoms with E-state index >= 15 is 0 Å². The highest BCUT2D eigenvalue weighted by atomic mass is 15.0. The molecule has 0 fully saturated rings. The molecule has 3 nitrogen and oxygen atoms in total. The van der Waals surface area contributed by atoms with Crippen LogP contribution in [0.4, 0.5) is 5.82 Å². The average Bonchev–Trinajstić information content (AvgIpc) is 2.33. The third kappa shape index (κ3) is 0.639. The van der Waals surface area contributed by atoms with Gasteiger partial charge in [-0.2, -0.15) is 0 Å². The van der Waals surface area contributed by atoms with Gasteiger partial charge in [0.2, 0.25) is 0 Å². The molecule has 0 aliphatic heterocycles. The maximum absolute atomic E-state index is 5.46. The molecule has 0 atom stereocenters. The molecule has 0 radical (unpaired) electrons. The molecule has 2 aromatic heterocycles. The fraction of sp³-hybridized carbons (Fsp3) is 0. The third-order valence-corrected chi connectivity index (χ3v) is 1.44. The standard InChI is InChI=1S/C7H7N3/c8-7-4-6-2-1-3-10(6)5-9-7/h1-5H,8H2. The van der Waals surface area contributed by atoms with Crippen molar-refractivity contribution < 1.29 is 0 Å². The van der Waals surface area contributed by atoms with Gasteiger partial charge in [-0.1, -0.05) is 0 Å². The Morgan fingerprint density at radius 2 is 2.40 bits per heavy atom. The highest BCUT2D eigenvalue weighted by Gasteiger charge is 1.90. The van der Waals surface area contributed by atoms with E-state index in [9.17, 15) is 0 Å². The number of fused-ring (bicyclic) bond motifs is 1. The van der Waals surface area contributed by atoms with Gasteiger partial charge >= 0.3 is 0 Å². The highest BCUT2D eigenvalue weighted by Crippen LogP contribution is 2.05. The largest absolute Gasteiger partial charge is 0.384 e. The second-order valence-corrected chi connectivity index (χ2v) is 2.15. The molecule has 0 saturated heterocycles. The first-order valence-electron chi connectivity index (χ1n) is 3.04. The van der Waals surface area contributed by atoms with Crippen LogP contribution in [0.15, 0.2) is 30.7 Å². The Morgan fingerprint density at radius 3 is 3.30 bits per heavy atom. The SMILES string of the molecule is Nc1cc2cccn2cn1. The Bertz CT molecular complexity index is 350. The molecule has 0 aliphatic carbocycles. The first-order chi connectivity index (χ1) is 4.86. The summed E-state index contributed by atoms with van der Waals surface area (Å²) in [5.41, 5.74) is 6.54. The van der Waals surface area contributed by atoms with Gasteiger partial charge in [0.1, 0.15) is 12.1 Å². The maximum Gasteiger partial charge on any atom is 0.127 e. The summed E-state index contributed by atoms with van der Waals surface area (Å²) in [5, 5.41) is 0. The summed E-state index contributed by atoms with van der Waals surface area (Å²) in [7, 11) is 0. The quantitative estimate of drug-likeness (QED) is 0.580. The van der Waals surface area contributed by atoms with Crippen LogP contribution in [0.25, 0.3) is 5.52 Å². The number of nitrogens with two attached hydrogens (primary N) is 1. The Balaban J connectivity index is 2.86. The predicted molar refractivity (Wildman–Crippen MR) is 39.6 cm³/mol. The zero-order chi connectivity index (χ0) is 6.97. The van der Waals surface area contributed by atoms with E-state index in [1.165, 1.54) is 0 Å². The average molecular weight is 133 g/mol. The van der Waals surface area contributed by atoms with E-state index in [4.69, 9.17) is 5.73 Å². The molecule has 0 unspecified atom stereocenters. The van der Waals surface area contributed by atoms with Crippen LogP contribution in [0.3, 0.4) is 0 Å². The highest BCUT2D eigenvalue weighted by molar-refractivity contribution is 5.52. The lowest BCUT2D eigenvalue weighted by Crippen LogP contribution is -1.91. The van der Waals surface area contributed by atoms with Crippen molar-refractivity contribution in [2.75, 3.05) is 5.73 Å². The van der Waals surface area contributed by atoms with Crippen LogP contribution in [0, 0.1) is 0 Å². The van der Waals surface area contributed by atoms with Crippen molar-refractivity contribution in [3.8, 4) is 0 Å². The van der Waals surface area contributed by atoms with E-state index in [1.807, 2.05) is 28.8 Å². The van der Waals surface area contributed by atoms with E-state index in [0.29, 0.717) is 5.82 Å². The first-order valence-corrected chi connectivity index (χ1v) is 3.04. The van der Waals surface area contributed by atoms with Crippen LogP contribution in [0.5, 0.6) is 0 Å². The number of nitrogen functional groups attached to an aromatic ring is 1. The molecule has 10 heavy (non-hydrogen) atoms. The van der Waals surface area contributed by atoms with Gasteiger partial charge in [-0.05, 0) is 12.1 Å². The predicted octanol–water partition coefficient (Wildman–Crippen LogP) is 0.916. The van der Waals surface area contributed by atoms with E-state index < -0.39 is 0 Å². The van der Waals surface area contributed by atoms with E-state index in [0.717, 1.165) is 5.52 Å². The summed E-state index contributed by atoms with van der Waals surface area (Å²) in [6.07, 6.45) is 3.63. The summed E-state index contributed by atoms with van der Waals surface area (Å²) in [4.78, 5) is 3.92. The van der Waals surface area contributed by atoms with Crippen LogP contribution in [0.1, 0.15) is 0 Å². The van der Waals surface area contributed by atoms with Gasteiger partial charge in [-0.15, -0.1) is 0 Å². The molecule has 0 saturated carbocycles. The molecule has 0 bridgehead atoms. The molecule has 0 aromatic carbocycles. The van der Waals surface area contributed by atoms with Crippen molar-refractivity contribution in [3.63, 3.8) is 0 Å². The molecule has 2 rings (SSSR count). The fourth-order valence-electron chi connectivity index (χ4n) is 0.952. The van der Waals surface area contributed by atoms with E-state index in [2.05, 4.69) is 4.98 Å². The van der Waals surface area contributed by atoms with Crippen molar-refractivity contribution in [2.24, 2.45) is 0 Å². The summed E-state index contributed by atoms with van der Waals surface area (Å²) in [6, 6.07) is 5.77. The fourth-order valence-corrected chi connectivity index (χ4v) is 0.952. The van der Waals surface area contributed by atoms with E-state index in [-0.39, 0.29) is 0 Å². The van der Waals surface area contributed by atoms with Gasteiger partial charge in [0.25, 0.3) is 0 Å². The van der Waals surface area contributed by atoms with Crippen LogP contribution >= 0.6 is 0 Å². The molecule has 2 aromatic rings. The Labute approximate surface area is 58.1 Å². The van der Waals surface area contributed by atoms with Crippen molar-refractivity contribution >= 4 is 11.3 Å². The van der Waals surface area contributed by atoms with Gasteiger partial charge in [-0.3, -0.25) is 0 Å². The van der Waals surface area contributed by atoms with Crippen LogP contribution in [-0.4, -0.2) is 9.38 Å². The summed E-state index contributed by atoms with van der Waals surface area (Å²) < 4.78 is 1.91. The summed E-state index contributed by atoms with van der Waals surface area (Å²) >= 11 is 0. The molecule has 0 amide bonds. The minimum absolute atomic E-state index is 0.561. The number of nitrogens with zero attached hydrogens (tertiary/aromatic N) is 2. The van der Waals surface area contributed by atoms with Crippen LogP contribution in [0.2, 0.25) is 0 Å². The van der Waals surface area contributed by atoms with Crippen molar-refractivity contribution in [1.29, 1.82) is 0 Å². The second kappa shape index (κ2) is 1.73. The number of anilines is 1. The summed E-state index contributed by atoms with van der Waals surface area (Å²) in [5.74, 6) is 0.561. The second-order valence-electron chi connectivity index (χ2n) is 2.15. The van der Waals surface area contributed by atoms with Gasteiger partial charge in [0, 0.05) is 12.3 Å². The number of rotatable bonds is 0. The number of hydrogen-bond donors (Lipinski definition) is 1. The molecular weight excluding hydrogens is 126 g/mol. The smallest absolute Gasteiger partial charge is 0.127 e. The van der Waals surface area contributed by atoms with Gasteiger partial charge in [0.05, 0.1) is 5.52 Å². The van der Waals surface area contributed by atoms with E-state index in [1.54, 1.807) is 6.33 Å². The first kappa shape index (κ1) is 5.29. The topological polar surface area (TPSA) is 43.3 Å². The minimum Gasteiger partial charge on any atom is -0.384 e. The monoisotopic (exact) mass is 133 g/mol. The van der Waals surface area contributed by atoms with Gasteiger partial charge < -0.3 is 10.1 Å². The number of aromatic nitrogens is 2. The molecule has 2 N–H and O–H groups in total. The lowest BCUT2D eigenvalue weighted by atomic mass is 10.4. The van der Waals surface area contributed by atoms with Crippen LogP contribution in [-0.2, 0) is 0 Å². The van der Waals surface area contributed by atoms with Gasteiger partial charge in [-0.25, -0.2) is 4.98 Å². The molecular formula is C7H7N3. The zero-order valence-corrected chi connectivity index (χ0v) is 5.36.